The number of hydrogen-bond donors (Lipinski definition) is 2. The minimum Gasteiger partial charge on any atom is -0.698 e. The third kappa shape index (κ3) is 4.05. The van der Waals surface area contributed by atoms with Crippen LogP contribution in [0.4, 0.5) is 11.4 Å². The van der Waals surface area contributed by atoms with E-state index in [-0.39, 0.29) is 99.1 Å². The standard InChI is InChI=1S/C16H14N2O3.C2H6.2Y/c1-7-3-6-10(19)14-11(7)15(20)12-8(17)4-5-9(18-2)13(12)16(14)21;1-2;;/h3-6H,1-2H3,(H4,17,18,19,20,21);1-2H3;;/p-1. The zero-order valence-corrected chi connectivity index (χ0v) is 20.4. The monoisotopic (exact) mass is 489 g/mol. The molecule has 2 aromatic rings. The first-order chi connectivity index (χ1) is 11.0. The molecule has 2 aromatic carbocycles. The molecule has 0 atom stereocenters. The summed E-state index contributed by atoms with van der Waals surface area (Å²) in [5, 5.41) is 12.8. The second kappa shape index (κ2) is 9.91. The van der Waals surface area contributed by atoms with E-state index in [9.17, 15) is 14.7 Å². The molecule has 0 saturated heterocycles. The van der Waals surface area contributed by atoms with Crippen molar-refractivity contribution in [2.24, 2.45) is 0 Å². The molecule has 0 bridgehead atoms. The predicted molar refractivity (Wildman–Crippen MR) is 91.0 cm³/mol. The van der Waals surface area contributed by atoms with E-state index in [0.717, 1.165) is 0 Å². The molecule has 0 aromatic heterocycles. The van der Waals surface area contributed by atoms with Gasteiger partial charge < -0.3 is 16.2 Å². The van der Waals surface area contributed by atoms with Crippen LogP contribution in [0.1, 0.15) is 51.3 Å². The van der Waals surface area contributed by atoms with Crippen LogP contribution in [0.5, 0.6) is 5.75 Å². The number of nitrogens with one attached hydrogen (secondary N) is 2. The Kier molecular flexibility index (Phi) is 9.67. The second-order valence-corrected chi connectivity index (χ2v) is 4.97. The summed E-state index contributed by atoms with van der Waals surface area (Å²) in [6, 6.07) is 6.08. The number of benzene rings is 2. The Balaban J connectivity index is 0.00000139. The zero-order valence-electron chi connectivity index (χ0n) is 14.7. The van der Waals surface area contributed by atoms with Crippen LogP contribution >= 0.6 is 0 Å². The number of anilines is 1. The first-order valence-corrected chi connectivity index (χ1v) is 7.45. The molecule has 0 unspecified atom stereocenters. The minimum atomic E-state index is -0.431. The Hall–Kier alpha value is -0.612. The first-order valence-electron chi connectivity index (χ1n) is 7.45. The normalized spacial score (nSPS) is 11.0. The molecule has 1 aliphatic rings. The van der Waals surface area contributed by atoms with Gasteiger partial charge in [-0.2, -0.15) is 0 Å². The quantitative estimate of drug-likeness (QED) is 0.536. The average molecular weight is 489 g/mol. The number of phenolic OH excluding ortho intramolecular Hbond substituents is 1. The van der Waals surface area contributed by atoms with Gasteiger partial charge in [0.05, 0.1) is 11.1 Å². The molecule has 3 N–H and O–H groups in total. The van der Waals surface area contributed by atoms with E-state index in [1.165, 1.54) is 12.1 Å². The summed E-state index contributed by atoms with van der Waals surface area (Å²) in [5.41, 5.74) is 9.50. The molecule has 0 amide bonds. The van der Waals surface area contributed by atoms with Gasteiger partial charge >= 0.3 is 0 Å². The van der Waals surface area contributed by atoms with Crippen LogP contribution in [-0.2, 0) is 65.4 Å². The van der Waals surface area contributed by atoms with Crippen LogP contribution < -0.4 is 5.32 Å². The summed E-state index contributed by atoms with van der Waals surface area (Å²) in [6.45, 7) is 5.71. The number of fused-ring (bicyclic) bond motifs is 2. The van der Waals surface area contributed by atoms with Crippen molar-refractivity contribution in [3.05, 3.63) is 57.8 Å². The molecule has 5 nitrogen and oxygen atoms in total. The van der Waals surface area contributed by atoms with E-state index in [2.05, 4.69) is 5.32 Å². The van der Waals surface area contributed by atoms with Gasteiger partial charge in [-0.3, -0.25) is 9.59 Å². The summed E-state index contributed by atoms with van der Waals surface area (Å²) in [7, 11) is 1.64. The van der Waals surface area contributed by atoms with Crippen molar-refractivity contribution in [2.45, 2.75) is 20.8 Å². The molecule has 0 saturated carbocycles. The van der Waals surface area contributed by atoms with E-state index in [4.69, 9.17) is 5.73 Å². The average Bonchev–Trinajstić information content (AvgIpc) is 2.56. The van der Waals surface area contributed by atoms with Gasteiger partial charge in [-0.15, -0.1) is 5.69 Å². The maximum Gasteiger partial charge on any atom is 0.200 e. The Labute approximate surface area is 197 Å². The van der Waals surface area contributed by atoms with Crippen molar-refractivity contribution in [2.75, 3.05) is 12.4 Å². The summed E-state index contributed by atoms with van der Waals surface area (Å²) in [4.78, 5) is 25.4. The van der Waals surface area contributed by atoms with Crippen molar-refractivity contribution in [3.8, 4) is 5.75 Å². The number of ketones is 2. The first kappa shape index (κ1) is 24.4. The van der Waals surface area contributed by atoms with E-state index in [1.807, 2.05) is 13.8 Å². The van der Waals surface area contributed by atoms with Gasteiger partial charge in [-0.1, -0.05) is 26.0 Å². The summed E-state index contributed by atoms with van der Waals surface area (Å²) >= 11 is 0. The van der Waals surface area contributed by atoms with Crippen LogP contribution in [0.15, 0.2) is 24.3 Å². The molecule has 0 heterocycles. The largest absolute Gasteiger partial charge is 0.698 e. The third-order valence-electron chi connectivity index (χ3n) is 3.77. The van der Waals surface area contributed by atoms with E-state index >= 15 is 0 Å². The SMILES string of the molecule is CC.CNc1ccc([NH-])c2c1C(=O)c1c(O)ccc(C)c1C2=O.[Y].[Y]. The molecule has 3 rings (SSSR count). The fraction of sp³-hybridized carbons (Fsp3) is 0.222. The molecular weight excluding hydrogens is 470 g/mol. The van der Waals surface area contributed by atoms with Crippen LogP contribution in [-0.4, -0.2) is 23.7 Å². The van der Waals surface area contributed by atoms with Crippen LogP contribution in [0.2, 0.25) is 0 Å². The smallest absolute Gasteiger partial charge is 0.200 e. The van der Waals surface area contributed by atoms with Crippen molar-refractivity contribution in [3.63, 3.8) is 0 Å². The number of aryl methyl sites for hydroxylation is 1. The number of rotatable bonds is 1. The van der Waals surface area contributed by atoms with Gasteiger partial charge in [0, 0.05) is 89.3 Å². The number of phenols is 1. The maximum atomic E-state index is 12.7. The molecule has 126 valence electrons. The predicted octanol–water partition coefficient (Wildman–Crippen LogP) is 4.22. The number of hydrogen-bond acceptors (Lipinski definition) is 4. The Morgan fingerprint density at radius 3 is 2.00 bits per heavy atom. The van der Waals surface area contributed by atoms with Gasteiger partial charge in [0.2, 0.25) is 0 Å². The fourth-order valence-corrected chi connectivity index (χ4v) is 2.75. The van der Waals surface area contributed by atoms with E-state index in [0.29, 0.717) is 11.3 Å². The number of aromatic hydroxyl groups is 1. The molecule has 0 fully saturated rings. The zero-order chi connectivity index (χ0) is 17.3. The van der Waals surface area contributed by atoms with Gasteiger partial charge in [0.15, 0.2) is 11.6 Å². The molecule has 0 aliphatic heterocycles. The molecule has 7 heteroatoms. The van der Waals surface area contributed by atoms with Gasteiger partial charge in [0.25, 0.3) is 0 Å². The Bertz CT molecular complexity index is 820. The maximum absolute atomic E-state index is 12.7. The Morgan fingerprint density at radius 1 is 0.880 bits per heavy atom. The minimum absolute atomic E-state index is 0. The summed E-state index contributed by atoms with van der Waals surface area (Å²) < 4.78 is 0. The van der Waals surface area contributed by atoms with Crippen molar-refractivity contribution in [1.82, 2.24) is 0 Å². The third-order valence-corrected chi connectivity index (χ3v) is 3.77. The molecule has 2 radical (unpaired) electrons. The molecular formula is C18H19N2O3Y2-. The molecule has 25 heavy (non-hydrogen) atoms. The fourth-order valence-electron chi connectivity index (χ4n) is 2.75. The topological polar surface area (TPSA) is 90.2 Å². The molecule has 1 aliphatic carbocycles. The summed E-state index contributed by atoms with van der Waals surface area (Å²) in [6.07, 6.45) is 0. The van der Waals surface area contributed by atoms with E-state index < -0.39 is 11.6 Å². The van der Waals surface area contributed by atoms with Gasteiger partial charge in [0.1, 0.15) is 5.75 Å². The molecule has 0 spiro atoms. The Morgan fingerprint density at radius 2 is 1.44 bits per heavy atom. The van der Waals surface area contributed by atoms with E-state index in [1.54, 1.807) is 26.1 Å². The van der Waals surface area contributed by atoms with Crippen molar-refractivity contribution < 1.29 is 80.1 Å². The second-order valence-electron chi connectivity index (χ2n) is 4.97. The van der Waals surface area contributed by atoms with Gasteiger partial charge in [-0.05, 0) is 24.6 Å². The van der Waals surface area contributed by atoms with Crippen LogP contribution in [0.25, 0.3) is 5.73 Å². The van der Waals surface area contributed by atoms with Crippen LogP contribution in [0.3, 0.4) is 0 Å². The number of carbonyl (C=O) groups excluding carboxylic acids is 2. The van der Waals surface area contributed by atoms with Crippen LogP contribution in [0, 0.1) is 6.92 Å². The van der Waals surface area contributed by atoms with Crippen molar-refractivity contribution >= 4 is 22.9 Å². The number of carbonyl (C=O) groups is 2. The van der Waals surface area contributed by atoms with Gasteiger partial charge in [-0.25, -0.2) is 0 Å². The summed E-state index contributed by atoms with van der Waals surface area (Å²) in [5.74, 6) is -1.04. The van der Waals surface area contributed by atoms with Crippen molar-refractivity contribution in [1.29, 1.82) is 0 Å².